The van der Waals surface area contributed by atoms with Crippen molar-refractivity contribution in [3.8, 4) is 17.3 Å². The molecule has 1 N–H and O–H groups in total. The number of carbonyl (C=O) groups is 1. The van der Waals surface area contributed by atoms with Crippen LogP contribution in [0.4, 0.5) is 5.69 Å². The molecule has 0 aliphatic carbocycles. The molecule has 4 rings (SSSR count). The van der Waals surface area contributed by atoms with Crippen molar-refractivity contribution in [2.24, 2.45) is 0 Å². The molecular weight excluding hydrogens is 656 g/mol. The van der Waals surface area contributed by atoms with Gasteiger partial charge < -0.3 is 19.3 Å². The number of methoxy groups -OCH3 is 1. The molecule has 12 heteroatoms. The van der Waals surface area contributed by atoms with E-state index in [4.69, 9.17) is 37.2 Å². The van der Waals surface area contributed by atoms with Crippen LogP contribution in [0.15, 0.2) is 95.9 Å². The molecule has 0 saturated heterocycles. The summed E-state index contributed by atoms with van der Waals surface area (Å²) in [5, 5.41) is 3.73. The van der Waals surface area contributed by atoms with E-state index in [0.29, 0.717) is 22.2 Å². The fourth-order valence-corrected chi connectivity index (χ4v) is 6.84. The zero-order valence-electron chi connectivity index (χ0n) is 24.6. The number of halogens is 2. The van der Waals surface area contributed by atoms with Crippen LogP contribution < -0.4 is 15.4 Å². The number of hydrogen-bond donors (Lipinski definition) is 1. The minimum atomic E-state index is -3.57. The Balaban J connectivity index is 1.63. The number of ether oxygens (including phenoxy) is 2. The van der Waals surface area contributed by atoms with E-state index in [1.165, 1.54) is 38.5 Å². The first kappa shape index (κ1) is 34.1. The van der Waals surface area contributed by atoms with Crippen LogP contribution in [0.1, 0.15) is 16.7 Å². The van der Waals surface area contributed by atoms with E-state index in [0.717, 1.165) is 11.8 Å². The van der Waals surface area contributed by atoms with Crippen molar-refractivity contribution >= 4 is 57.4 Å². The monoisotopic (exact) mass is 685 g/mol. The lowest BCUT2D eigenvalue weighted by atomic mass is 10.1. The molecule has 0 amide bonds. The molecule has 0 fully saturated rings. The summed E-state index contributed by atoms with van der Waals surface area (Å²) in [5.74, 6) is 2.74. The second-order valence-electron chi connectivity index (χ2n) is 9.90. The molecule has 0 aliphatic rings. The Morgan fingerprint density at radius 3 is 2.22 bits per heavy atom. The van der Waals surface area contributed by atoms with Crippen molar-refractivity contribution in [2.75, 3.05) is 25.8 Å². The van der Waals surface area contributed by atoms with Crippen LogP contribution in [0.5, 0.6) is 5.75 Å². The zero-order chi connectivity index (χ0) is 32.6. The van der Waals surface area contributed by atoms with Gasteiger partial charge in [0.05, 0.1) is 33.0 Å². The zero-order valence-corrected chi connectivity index (χ0v) is 27.8. The standard InChI is InChI=1S/C33H30Cl2NO7PS/c1-41-26-12-8-13-27(21-26)44(38,42-2)16-15-25-18-29(34)32(30(35)19-25)36-31(33(37)43-22-23-9-5-4-6-10-23)20-24-11-7-14-28(17-24)45(3,39)40/h4-14,17-19,21,31,36H,20,22H2,1-3H3/t31-,44?/m0/s1. The lowest BCUT2D eigenvalue weighted by Gasteiger charge is -2.21. The number of nitrogens with one attached hydrogen (secondary N) is 1. The van der Waals surface area contributed by atoms with Crippen LogP contribution in [0.25, 0.3) is 0 Å². The number of carbonyl (C=O) groups excluding carboxylic acids is 1. The van der Waals surface area contributed by atoms with Crippen molar-refractivity contribution < 1.29 is 31.8 Å². The van der Waals surface area contributed by atoms with Crippen LogP contribution in [-0.2, 0) is 41.5 Å². The van der Waals surface area contributed by atoms with Crippen molar-refractivity contribution in [3.05, 3.63) is 118 Å². The number of rotatable bonds is 11. The van der Waals surface area contributed by atoms with E-state index < -0.39 is 29.2 Å². The highest BCUT2D eigenvalue weighted by molar-refractivity contribution is 7.90. The average molecular weight is 687 g/mol. The molecule has 2 atom stereocenters. The van der Waals surface area contributed by atoms with Gasteiger partial charge in [-0.2, -0.15) is 0 Å². The number of benzene rings is 4. The topological polar surface area (TPSA) is 108 Å². The van der Waals surface area contributed by atoms with Gasteiger partial charge in [0.25, 0.3) is 0 Å². The van der Waals surface area contributed by atoms with Crippen LogP contribution in [0, 0.1) is 11.6 Å². The average Bonchev–Trinajstić information content (AvgIpc) is 3.03. The Kier molecular flexibility index (Phi) is 11.4. The first-order valence-corrected chi connectivity index (χ1v) is 17.8. The predicted octanol–water partition coefficient (Wildman–Crippen LogP) is 6.73. The summed E-state index contributed by atoms with van der Waals surface area (Å²) in [6.45, 7) is 0.0318. The fourth-order valence-electron chi connectivity index (χ4n) is 4.27. The third kappa shape index (κ3) is 9.13. The van der Waals surface area contributed by atoms with E-state index >= 15 is 0 Å². The van der Waals surface area contributed by atoms with Crippen LogP contribution in [0.2, 0.25) is 10.0 Å². The van der Waals surface area contributed by atoms with Crippen molar-refractivity contribution in [3.63, 3.8) is 0 Å². The Labute approximate surface area is 273 Å². The summed E-state index contributed by atoms with van der Waals surface area (Å²) >= 11 is 13.2. The summed E-state index contributed by atoms with van der Waals surface area (Å²) in [6.07, 6.45) is 1.19. The molecule has 234 valence electrons. The van der Waals surface area contributed by atoms with E-state index in [9.17, 15) is 17.8 Å². The summed E-state index contributed by atoms with van der Waals surface area (Å²) < 4.78 is 53.9. The summed E-state index contributed by atoms with van der Waals surface area (Å²) in [7, 11) is -4.23. The second kappa shape index (κ2) is 15.0. The normalized spacial score (nSPS) is 13.1. The molecule has 0 heterocycles. The lowest BCUT2D eigenvalue weighted by Crippen LogP contribution is -2.33. The third-order valence-corrected chi connectivity index (χ3v) is 10.2. The van der Waals surface area contributed by atoms with Gasteiger partial charge >= 0.3 is 13.3 Å². The quantitative estimate of drug-likeness (QED) is 0.105. The molecule has 4 aromatic carbocycles. The van der Waals surface area contributed by atoms with E-state index in [-0.39, 0.29) is 33.7 Å². The maximum absolute atomic E-state index is 13.5. The molecule has 0 aromatic heterocycles. The first-order valence-electron chi connectivity index (χ1n) is 13.5. The summed E-state index contributed by atoms with van der Waals surface area (Å²) in [6, 6.07) is 24.2. The van der Waals surface area contributed by atoms with Crippen molar-refractivity contribution in [1.29, 1.82) is 0 Å². The number of hydrogen-bond acceptors (Lipinski definition) is 8. The van der Waals surface area contributed by atoms with Gasteiger partial charge in [-0.15, -0.1) is 0 Å². The van der Waals surface area contributed by atoms with Gasteiger partial charge in [0.1, 0.15) is 18.4 Å². The maximum Gasteiger partial charge on any atom is 0.329 e. The molecule has 4 aromatic rings. The van der Waals surface area contributed by atoms with Crippen LogP contribution in [-0.4, -0.2) is 40.9 Å². The minimum Gasteiger partial charge on any atom is -0.497 e. The SMILES string of the molecule is COc1cccc(P(=O)(C#Cc2cc(Cl)c(N[C@@H](Cc3cccc(S(C)(=O)=O)c3)C(=O)OCc3ccccc3)c(Cl)c2)OC)c1. The van der Waals surface area contributed by atoms with Crippen molar-refractivity contribution in [1.82, 2.24) is 0 Å². The predicted molar refractivity (Wildman–Crippen MR) is 177 cm³/mol. The molecule has 8 nitrogen and oxygen atoms in total. The van der Waals surface area contributed by atoms with Gasteiger partial charge in [-0.3, -0.25) is 4.57 Å². The molecule has 0 bridgehead atoms. The fraction of sp³-hybridized carbons (Fsp3) is 0.182. The van der Waals surface area contributed by atoms with E-state index in [1.807, 2.05) is 30.3 Å². The van der Waals surface area contributed by atoms with Gasteiger partial charge in [-0.25, -0.2) is 13.2 Å². The maximum atomic E-state index is 13.5. The molecule has 45 heavy (non-hydrogen) atoms. The molecule has 1 unspecified atom stereocenters. The van der Waals surface area contributed by atoms with E-state index in [2.05, 4.69) is 16.9 Å². The lowest BCUT2D eigenvalue weighted by molar-refractivity contribution is -0.145. The minimum absolute atomic E-state index is 0.0318. The Morgan fingerprint density at radius 2 is 1.58 bits per heavy atom. The summed E-state index contributed by atoms with van der Waals surface area (Å²) in [5.41, 5.74) is 4.69. The van der Waals surface area contributed by atoms with Gasteiger partial charge in [-0.1, -0.05) is 77.7 Å². The number of sulfone groups is 1. The van der Waals surface area contributed by atoms with Gasteiger partial charge in [-0.05, 0) is 59.3 Å². The van der Waals surface area contributed by atoms with Gasteiger partial charge in [0, 0.05) is 25.3 Å². The Morgan fingerprint density at radius 1 is 0.911 bits per heavy atom. The van der Waals surface area contributed by atoms with Crippen LogP contribution >= 0.6 is 30.6 Å². The highest BCUT2D eigenvalue weighted by Crippen LogP contribution is 2.44. The smallest absolute Gasteiger partial charge is 0.329 e. The summed E-state index contributed by atoms with van der Waals surface area (Å²) in [4.78, 5) is 13.5. The second-order valence-corrected chi connectivity index (χ2v) is 14.9. The van der Waals surface area contributed by atoms with Gasteiger partial charge in [0.15, 0.2) is 9.84 Å². The molecule has 0 aliphatic heterocycles. The van der Waals surface area contributed by atoms with E-state index in [1.54, 1.807) is 36.4 Å². The molecule has 0 radical (unpaired) electrons. The molecule has 0 spiro atoms. The highest BCUT2D eigenvalue weighted by Gasteiger charge is 2.25. The number of esters is 1. The molecular formula is C33H30Cl2NO7PS. The number of anilines is 1. The molecule has 0 saturated carbocycles. The van der Waals surface area contributed by atoms with Gasteiger partial charge in [0.2, 0.25) is 0 Å². The van der Waals surface area contributed by atoms with Crippen molar-refractivity contribution in [2.45, 2.75) is 24.0 Å². The largest absolute Gasteiger partial charge is 0.497 e. The Hall–Kier alpha value is -3.77. The Bertz CT molecular complexity index is 1880. The first-order chi connectivity index (χ1) is 21.4. The third-order valence-electron chi connectivity index (χ3n) is 6.63. The highest BCUT2D eigenvalue weighted by atomic mass is 35.5. The van der Waals surface area contributed by atoms with Crippen LogP contribution in [0.3, 0.4) is 0 Å².